The van der Waals surface area contributed by atoms with E-state index in [0.717, 1.165) is 5.56 Å². The molecular weight excluding hydrogens is 284 g/mol. The molecule has 0 aromatic carbocycles. The fourth-order valence-electron chi connectivity index (χ4n) is 2.13. The minimum Gasteiger partial charge on any atom is -0.352 e. The lowest BCUT2D eigenvalue weighted by Gasteiger charge is -2.14. The van der Waals surface area contributed by atoms with Crippen LogP contribution in [-0.4, -0.2) is 26.5 Å². The van der Waals surface area contributed by atoms with Crippen molar-refractivity contribution in [3.8, 4) is 0 Å². The smallest absolute Gasteiger partial charge is 0.328 e. The predicted molar refractivity (Wildman–Crippen MR) is 81.6 cm³/mol. The van der Waals surface area contributed by atoms with E-state index in [1.165, 1.54) is 10.8 Å². The van der Waals surface area contributed by atoms with Crippen LogP contribution in [0.2, 0.25) is 0 Å². The van der Waals surface area contributed by atoms with Gasteiger partial charge >= 0.3 is 5.69 Å². The minimum absolute atomic E-state index is 0.0746. The standard InChI is InChI=1S/C15H18N4O3/c1-10-8-19(15(22)18-14(10)21)9-13(20)17-11(2)7-12-3-5-16-6-4-12/h3-6,8,11H,7,9H2,1-2H3,(H,17,20)(H,18,21,22)/t11-/m1/s1. The first-order valence-electron chi connectivity index (χ1n) is 6.94. The van der Waals surface area contributed by atoms with E-state index in [0.29, 0.717) is 12.0 Å². The molecule has 0 aliphatic carbocycles. The third-order valence-corrected chi connectivity index (χ3v) is 3.20. The second-order valence-electron chi connectivity index (χ2n) is 5.23. The Hall–Kier alpha value is -2.70. The molecule has 2 aromatic rings. The summed E-state index contributed by atoms with van der Waals surface area (Å²) >= 11 is 0. The van der Waals surface area contributed by atoms with E-state index < -0.39 is 11.2 Å². The highest BCUT2D eigenvalue weighted by molar-refractivity contribution is 5.76. The van der Waals surface area contributed by atoms with Crippen LogP contribution in [-0.2, 0) is 17.8 Å². The highest BCUT2D eigenvalue weighted by Crippen LogP contribution is 2.01. The van der Waals surface area contributed by atoms with Gasteiger partial charge in [0, 0.05) is 30.2 Å². The lowest BCUT2D eigenvalue weighted by atomic mass is 10.1. The molecule has 7 nitrogen and oxygen atoms in total. The average molecular weight is 302 g/mol. The summed E-state index contributed by atoms with van der Waals surface area (Å²) in [6.07, 6.45) is 5.46. The Morgan fingerprint density at radius 3 is 2.73 bits per heavy atom. The number of aromatic amines is 1. The summed E-state index contributed by atoms with van der Waals surface area (Å²) < 4.78 is 1.19. The van der Waals surface area contributed by atoms with Crippen molar-refractivity contribution in [2.45, 2.75) is 32.9 Å². The molecule has 0 radical (unpaired) electrons. The Kier molecular flexibility index (Phi) is 4.88. The minimum atomic E-state index is -0.590. The number of hydrogen-bond acceptors (Lipinski definition) is 4. The zero-order chi connectivity index (χ0) is 16.1. The van der Waals surface area contributed by atoms with E-state index in [9.17, 15) is 14.4 Å². The quantitative estimate of drug-likeness (QED) is 0.811. The maximum Gasteiger partial charge on any atom is 0.328 e. The molecule has 2 rings (SSSR count). The summed E-state index contributed by atoms with van der Waals surface area (Å²) in [5.41, 5.74) is 0.428. The van der Waals surface area contributed by atoms with E-state index in [-0.39, 0.29) is 18.5 Å². The molecule has 0 fully saturated rings. The van der Waals surface area contributed by atoms with Gasteiger partial charge in [-0.1, -0.05) is 0 Å². The number of hydrogen-bond donors (Lipinski definition) is 2. The molecule has 2 heterocycles. The number of rotatable bonds is 5. The monoisotopic (exact) mass is 302 g/mol. The second kappa shape index (κ2) is 6.84. The molecular formula is C15H18N4O3. The highest BCUT2D eigenvalue weighted by Gasteiger charge is 2.10. The average Bonchev–Trinajstić information content (AvgIpc) is 2.45. The van der Waals surface area contributed by atoms with Crippen molar-refractivity contribution < 1.29 is 4.79 Å². The van der Waals surface area contributed by atoms with Crippen LogP contribution in [0.5, 0.6) is 0 Å². The van der Waals surface area contributed by atoms with Gasteiger partial charge in [0.2, 0.25) is 5.91 Å². The first kappa shape index (κ1) is 15.7. The Bertz CT molecular complexity index is 764. The van der Waals surface area contributed by atoms with Gasteiger partial charge in [0.1, 0.15) is 6.54 Å². The Labute approximate surface area is 127 Å². The molecule has 1 amide bonds. The molecule has 116 valence electrons. The van der Waals surface area contributed by atoms with Gasteiger partial charge in [-0.3, -0.25) is 24.1 Å². The van der Waals surface area contributed by atoms with Crippen LogP contribution in [0.1, 0.15) is 18.1 Å². The number of nitrogens with one attached hydrogen (secondary N) is 2. The van der Waals surface area contributed by atoms with Gasteiger partial charge in [-0.25, -0.2) is 4.79 Å². The number of aromatic nitrogens is 3. The number of carbonyl (C=O) groups is 1. The normalized spacial score (nSPS) is 11.9. The molecule has 0 aliphatic rings. The summed E-state index contributed by atoms with van der Waals surface area (Å²) in [7, 11) is 0. The fourth-order valence-corrected chi connectivity index (χ4v) is 2.13. The molecule has 0 bridgehead atoms. The van der Waals surface area contributed by atoms with Crippen molar-refractivity contribution in [1.29, 1.82) is 0 Å². The number of amides is 1. The van der Waals surface area contributed by atoms with Gasteiger partial charge in [-0.2, -0.15) is 0 Å². The summed E-state index contributed by atoms with van der Waals surface area (Å²) in [5, 5.41) is 2.83. The van der Waals surface area contributed by atoms with E-state index in [1.54, 1.807) is 19.3 Å². The molecule has 0 aliphatic heterocycles. The molecule has 2 N–H and O–H groups in total. The SMILES string of the molecule is Cc1cn(CC(=O)N[C@H](C)Cc2ccncc2)c(=O)[nH]c1=O. The maximum absolute atomic E-state index is 12.0. The zero-order valence-electron chi connectivity index (χ0n) is 12.5. The molecule has 0 saturated heterocycles. The van der Waals surface area contributed by atoms with Crippen LogP contribution in [0.4, 0.5) is 0 Å². The van der Waals surface area contributed by atoms with Gasteiger partial charge in [0.05, 0.1) is 0 Å². The largest absolute Gasteiger partial charge is 0.352 e. The van der Waals surface area contributed by atoms with Crippen LogP contribution in [0.25, 0.3) is 0 Å². The number of pyridine rings is 1. The third kappa shape index (κ3) is 4.15. The van der Waals surface area contributed by atoms with E-state index in [4.69, 9.17) is 0 Å². The van der Waals surface area contributed by atoms with Gasteiger partial charge in [0.25, 0.3) is 5.56 Å². The van der Waals surface area contributed by atoms with Gasteiger partial charge in [-0.05, 0) is 38.0 Å². The second-order valence-corrected chi connectivity index (χ2v) is 5.23. The van der Waals surface area contributed by atoms with Crippen molar-refractivity contribution in [3.63, 3.8) is 0 Å². The number of carbonyl (C=O) groups excluding carboxylic acids is 1. The van der Waals surface area contributed by atoms with Crippen molar-refractivity contribution in [3.05, 3.63) is 62.7 Å². The van der Waals surface area contributed by atoms with Gasteiger partial charge in [-0.15, -0.1) is 0 Å². The first-order chi connectivity index (χ1) is 10.5. The van der Waals surface area contributed by atoms with E-state index in [2.05, 4.69) is 15.3 Å². The molecule has 1 atom stereocenters. The van der Waals surface area contributed by atoms with Crippen LogP contribution in [0.3, 0.4) is 0 Å². The third-order valence-electron chi connectivity index (χ3n) is 3.20. The van der Waals surface area contributed by atoms with Crippen LogP contribution < -0.4 is 16.6 Å². The van der Waals surface area contributed by atoms with Crippen LogP contribution in [0, 0.1) is 6.92 Å². The highest BCUT2D eigenvalue weighted by atomic mass is 16.2. The molecule has 2 aromatic heterocycles. The van der Waals surface area contributed by atoms with Crippen LogP contribution in [0.15, 0.2) is 40.3 Å². The Morgan fingerprint density at radius 1 is 1.36 bits per heavy atom. The summed E-state index contributed by atoms with van der Waals surface area (Å²) in [6.45, 7) is 3.34. The number of H-pyrrole nitrogens is 1. The molecule has 0 unspecified atom stereocenters. The van der Waals surface area contributed by atoms with E-state index in [1.807, 2.05) is 19.1 Å². The lowest BCUT2D eigenvalue weighted by Crippen LogP contribution is -2.40. The fraction of sp³-hybridized carbons (Fsp3) is 0.333. The molecule has 0 saturated carbocycles. The summed E-state index contributed by atoms with van der Waals surface area (Å²) in [6, 6.07) is 3.70. The molecule has 22 heavy (non-hydrogen) atoms. The maximum atomic E-state index is 12.0. The van der Waals surface area contributed by atoms with Crippen molar-refractivity contribution >= 4 is 5.91 Å². The Balaban J connectivity index is 1.97. The summed E-state index contributed by atoms with van der Waals surface area (Å²) in [4.78, 5) is 41.0. The van der Waals surface area contributed by atoms with Crippen molar-refractivity contribution in [2.75, 3.05) is 0 Å². The topological polar surface area (TPSA) is 96.8 Å². The molecule has 7 heteroatoms. The first-order valence-corrected chi connectivity index (χ1v) is 6.94. The Morgan fingerprint density at radius 2 is 2.05 bits per heavy atom. The van der Waals surface area contributed by atoms with Gasteiger partial charge in [0.15, 0.2) is 0 Å². The molecule has 0 spiro atoms. The van der Waals surface area contributed by atoms with Crippen molar-refractivity contribution in [1.82, 2.24) is 19.9 Å². The van der Waals surface area contributed by atoms with Gasteiger partial charge < -0.3 is 5.32 Å². The van der Waals surface area contributed by atoms with Crippen molar-refractivity contribution in [2.24, 2.45) is 0 Å². The zero-order valence-corrected chi connectivity index (χ0v) is 12.5. The van der Waals surface area contributed by atoms with E-state index >= 15 is 0 Å². The predicted octanol–water partition coefficient (Wildman–Crippen LogP) is -0.0126. The number of nitrogens with zero attached hydrogens (tertiary/aromatic N) is 2. The lowest BCUT2D eigenvalue weighted by molar-refractivity contribution is -0.122. The van der Waals surface area contributed by atoms with Crippen LogP contribution >= 0.6 is 0 Å². The summed E-state index contributed by atoms with van der Waals surface area (Å²) in [5.74, 6) is -0.282. The number of aryl methyl sites for hydroxylation is 1.